The van der Waals surface area contributed by atoms with Crippen LogP contribution in [0.25, 0.3) is 11.0 Å². The number of hydrogen-bond donors (Lipinski definition) is 2. The van der Waals surface area contributed by atoms with E-state index >= 15 is 0 Å². The van der Waals surface area contributed by atoms with Gasteiger partial charge in [-0.1, -0.05) is 59.1 Å². The number of aromatic amines is 1. The number of nitrogens with one attached hydrogen (secondary N) is 2. The fourth-order valence-electron chi connectivity index (χ4n) is 4.15. The van der Waals surface area contributed by atoms with Crippen molar-refractivity contribution in [1.82, 2.24) is 9.97 Å². The topological polar surface area (TPSA) is 67.0 Å². The summed E-state index contributed by atoms with van der Waals surface area (Å²) < 4.78 is 4.81. The predicted molar refractivity (Wildman–Crippen MR) is 133 cm³/mol. The van der Waals surface area contributed by atoms with Gasteiger partial charge >= 0.3 is 5.97 Å². The Labute approximate surface area is 192 Å². The molecule has 1 heterocycles. The van der Waals surface area contributed by atoms with E-state index in [4.69, 9.17) is 4.74 Å². The van der Waals surface area contributed by atoms with Crippen molar-refractivity contribution < 1.29 is 9.53 Å². The molecule has 3 aromatic rings. The Morgan fingerprint density at radius 1 is 1.09 bits per heavy atom. The summed E-state index contributed by atoms with van der Waals surface area (Å²) in [6, 6.07) is 11.9. The van der Waals surface area contributed by atoms with Crippen molar-refractivity contribution in [1.29, 1.82) is 0 Å². The summed E-state index contributed by atoms with van der Waals surface area (Å²) >= 11 is 0. The van der Waals surface area contributed by atoms with Crippen LogP contribution in [0.2, 0.25) is 0 Å². The Hall–Kier alpha value is -2.82. The highest BCUT2D eigenvalue weighted by atomic mass is 16.5. The first-order valence-corrected chi connectivity index (χ1v) is 11.6. The standard InChI is InChI=1S/C19H21N3O2.C8H16/c1-11(2)13-5-7-14(8-6-13)20-19-21-16-9-12(3)15(18(23)24-4)10-17(16)22-19;1-8(2)6-4-3-5-7-8/h5-11H,1-4H3,(H2,20,21,22);3-7H2,1-2H3. The van der Waals surface area contributed by atoms with E-state index < -0.39 is 0 Å². The van der Waals surface area contributed by atoms with E-state index in [9.17, 15) is 4.79 Å². The number of ether oxygens (including phenoxy) is 1. The number of aromatic nitrogens is 2. The van der Waals surface area contributed by atoms with Crippen LogP contribution < -0.4 is 5.32 Å². The molecule has 2 N–H and O–H groups in total. The summed E-state index contributed by atoms with van der Waals surface area (Å²) in [5, 5.41) is 3.26. The number of imidazole rings is 1. The maximum absolute atomic E-state index is 11.8. The van der Waals surface area contributed by atoms with Crippen molar-refractivity contribution >= 4 is 28.6 Å². The summed E-state index contributed by atoms with van der Waals surface area (Å²) in [5.41, 5.74) is 5.92. The Bertz CT molecular complexity index is 1040. The highest BCUT2D eigenvalue weighted by molar-refractivity contribution is 5.95. The zero-order chi connectivity index (χ0) is 23.3. The van der Waals surface area contributed by atoms with E-state index in [1.54, 1.807) is 6.07 Å². The Morgan fingerprint density at radius 2 is 1.75 bits per heavy atom. The maximum atomic E-state index is 11.8. The minimum Gasteiger partial charge on any atom is -0.465 e. The van der Waals surface area contributed by atoms with Crippen molar-refractivity contribution in [3.8, 4) is 0 Å². The summed E-state index contributed by atoms with van der Waals surface area (Å²) in [4.78, 5) is 19.5. The van der Waals surface area contributed by atoms with Crippen molar-refractivity contribution in [2.75, 3.05) is 12.4 Å². The molecule has 4 rings (SSSR count). The first kappa shape index (κ1) is 23.8. The molecule has 0 amide bonds. The normalized spacial score (nSPS) is 15.2. The van der Waals surface area contributed by atoms with Gasteiger partial charge in [0.2, 0.25) is 5.95 Å². The number of H-pyrrole nitrogens is 1. The first-order chi connectivity index (χ1) is 15.2. The molecule has 1 aliphatic carbocycles. The molecule has 0 saturated heterocycles. The lowest BCUT2D eigenvalue weighted by Crippen LogP contribution is -2.14. The van der Waals surface area contributed by atoms with Crippen LogP contribution in [-0.4, -0.2) is 23.0 Å². The lowest BCUT2D eigenvalue weighted by Gasteiger charge is -2.28. The molecule has 2 aromatic carbocycles. The highest BCUT2D eigenvalue weighted by Gasteiger charge is 2.20. The molecule has 1 fully saturated rings. The monoisotopic (exact) mass is 435 g/mol. The zero-order valence-electron chi connectivity index (χ0n) is 20.3. The van der Waals surface area contributed by atoms with E-state index in [0.717, 1.165) is 22.3 Å². The maximum Gasteiger partial charge on any atom is 0.338 e. The van der Waals surface area contributed by atoms with Gasteiger partial charge in [0.05, 0.1) is 23.7 Å². The Kier molecular flexibility index (Phi) is 7.60. The third kappa shape index (κ3) is 6.12. The number of hydrogen-bond acceptors (Lipinski definition) is 4. The number of aryl methyl sites for hydroxylation is 1. The predicted octanol–water partition coefficient (Wildman–Crippen LogP) is 7.50. The van der Waals surface area contributed by atoms with Crippen LogP contribution in [-0.2, 0) is 4.74 Å². The molecule has 1 aliphatic rings. The van der Waals surface area contributed by atoms with Gasteiger partial charge in [0.1, 0.15) is 0 Å². The van der Waals surface area contributed by atoms with Gasteiger partial charge in [-0.2, -0.15) is 0 Å². The van der Waals surface area contributed by atoms with Crippen LogP contribution in [0.3, 0.4) is 0 Å². The smallest absolute Gasteiger partial charge is 0.338 e. The summed E-state index contributed by atoms with van der Waals surface area (Å²) in [6.45, 7) is 11.0. The van der Waals surface area contributed by atoms with Crippen molar-refractivity contribution in [2.45, 2.75) is 72.6 Å². The Balaban J connectivity index is 0.000000305. The third-order valence-electron chi connectivity index (χ3n) is 6.28. The van der Waals surface area contributed by atoms with Gasteiger partial charge in [0.15, 0.2) is 0 Å². The van der Waals surface area contributed by atoms with Gasteiger partial charge in [-0.05, 0) is 66.5 Å². The van der Waals surface area contributed by atoms with Crippen molar-refractivity contribution in [3.63, 3.8) is 0 Å². The summed E-state index contributed by atoms with van der Waals surface area (Å²) in [5.74, 6) is 0.796. The SMILES string of the molecule is CC1(C)CCCCC1.COC(=O)c1cc2nc(Nc3ccc(C(C)C)cc3)[nH]c2cc1C. The number of carbonyl (C=O) groups is 1. The molecule has 172 valence electrons. The van der Waals surface area contributed by atoms with Crippen LogP contribution in [0.5, 0.6) is 0 Å². The number of benzene rings is 2. The minimum absolute atomic E-state index is 0.351. The van der Waals surface area contributed by atoms with Crippen LogP contribution in [0, 0.1) is 12.3 Å². The fourth-order valence-corrected chi connectivity index (χ4v) is 4.15. The molecule has 1 aromatic heterocycles. The lowest BCUT2D eigenvalue weighted by atomic mass is 9.78. The van der Waals surface area contributed by atoms with Crippen LogP contribution in [0.15, 0.2) is 36.4 Å². The van der Waals surface area contributed by atoms with Gasteiger partial charge in [-0.3, -0.25) is 0 Å². The van der Waals surface area contributed by atoms with E-state index in [1.165, 1.54) is 44.8 Å². The van der Waals surface area contributed by atoms with E-state index in [-0.39, 0.29) is 5.97 Å². The number of carbonyl (C=O) groups excluding carboxylic acids is 1. The summed E-state index contributed by atoms with van der Waals surface area (Å²) in [6.07, 6.45) is 7.31. The third-order valence-corrected chi connectivity index (χ3v) is 6.28. The average Bonchev–Trinajstić information content (AvgIpc) is 3.14. The second-order valence-electron chi connectivity index (χ2n) is 9.89. The van der Waals surface area contributed by atoms with Gasteiger partial charge in [-0.25, -0.2) is 9.78 Å². The molecule has 5 heteroatoms. The van der Waals surface area contributed by atoms with Crippen LogP contribution >= 0.6 is 0 Å². The molecule has 1 saturated carbocycles. The van der Waals surface area contributed by atoms with Gasteiger partial charge in [0, 0.05) is 5.69 Å². The molecule has 0 atom stereocenters. The molecule has 0 radical (unpaired) electrons. The number of anilines is 2. The van der Waals surface area contributed by atoms with E-state index in [0.29, 0.717) is 22.8 Å². The van der Waals surface area contributed by atoms with Crippen LogP contribution in [0.1, 0.15) is 87.2 Å². The highest BCUT2D eigenvalue weighted by Crippen LogP contribution is 2.34. The van der Waals surface area contributed by atoms with E-state index in [1.807, 2.05) is 25.1 Å². The average molecular weight is 436 g/mol. The van der Waals surface area contributed by atoms with E-state index in [2.05, 4.69) is 55.1 Å². The number of methoxy groups -OCH3 is 1. The lowest BCUT2D eigenvalue weighted by molar-refractivity contribution is 0.0600. The molecule has 0 bridgehead atoms. The molecule has 0 unspecified atom stereocenters. The second-order valence-corrected chi connectivity index (χ2v) is 9.89. The molecular formula is C27H37N3O2. The quantitative estimate of drug-likeness (QED) is 0.416. The number of nitrogens with zero attached hydrogens (tertiary/aromatic N) is 1. The molecule has 5 nitrogen and oxygen atoms in total. The van der Waals surface area contributed by atoms with Gasteiger partial charge < -0.3 is 15.0 Å². The van der Waals surface area contributed by atoms with Crippen LogP contribution in [0.4, 0.5) is 11.6 Å². The van der Waals surface area contributed by atoms with Crippen molar-refractivity contribution in [3.05, 3.63) is 53.1 Å². The molecule has 0 aliphatic heterocycles. The Morgan fingerprint density at radius 3 is 2.28 bits per heavy atom. The molecule has 32 heavy (non-hydrogen) atoms. The van der Waals surface area contributed by atoms with Gasteiger partial charge in [-0.15, -0.1) is 0 Å². The fraction of sp³-hybridized carbons (Fsp3) is 0.481. The number of fused-ring (bicyclic) bond motifs is 1. The minimum atomic E-state index is -0.351. The second kappa shape index (κ2) is 10.2. The zero-order valence-corrected chi connectivity index (χ0v) is 20.3. The number of esters is 1. The number of rotatable bonds is 4. The summed E-state index contributed by atoms with van der Waals surface area (Å²) in [7, 11) is 1.38. The molecule has 0 spiro atoms. The van der Waals surface area contributed by atoms with Gasteiger partial charge in [0.25, 0.3) is 0 Å². The van der Waals surface area contributed by atoms with Crippen molar-refractivity contribution in [2.24, 2.45) is 5.41 Å². The molecular weight excluding hydrogens is 398 g/mol. The largest absolute Gasteiger partial charge is 0.465 e. The first-order valence-electron chi connectivity index (χ1n) is 11.6.